The summed E-state index contributed by atoms with van der Waals surface area (Å²) in [7, 11) is 0. The molecule has 1 aliphatic rings. The highest BCUT2D eigenvalue weighted by Gasteiger charge is 2.30. The second-order valence-electron chi connectivity index (χ2n) is 4.60. The van der Waals surface area contributed by atoms with E-state index in [2.05, 4.69) is 25.4 Å². The zero-order valence-electron chi connectivity index (χ0n) is 10.7. The van der Waals surface area contributed by atoms with E-state index >= 15 is 0 Å². The zero-order valence-corrected chi connectivity index (χ0v) is 11.5. The van der Waals surface area contributed by atoms with Crippen LogP contribution in [0.25, 0.3) is 0 Å². The number of carbonyl (C=O) groups is 1. The molecule has 1 rings (SSSR count). The molecular formula is C12H24N2OS. The summed E-state index contributed by atoms with van der Waals surface area (Å²) in [6.07, 6.45) is 4.51. The predicted octanol–water partition coefficient (Wildman–Crippen LogP) is 1.59. The molecule has 0 aromatic carbocycles. The lowest BCUT2D eigenvalue weighted by molar-refractivity contribution is -0.130. The van der Waals surface area contributed by atoms with E-state index in [0.29, 0.717) is 18.5 Å². The fourth-order valence-corrected chi connectivity index (χ4v) is 2.58. The average Bonchev–Trinajstić information content (AvgIpc) is 3.03. The molecule has 0 aliphatic heterocycles. The summed E-state index contributed by atoms with van der Waals surface area (Å²) in [5.41, 5.74) is 0. The van der Waals surface area contributed by atoms with Crippen LogP contribution in [0.3, 0.4) is 0 Å². The van der Waals surface area contributed by atoms with Gasteiger partial charge in [0.25, 0.3) is 0 Å². The van der Waals surface area contributed by atoms with Crippen molar-refractivity contribution < 1.29 is 4.79 Å². The molecule has 1 unspecified atom stereocenters. The van der Waals surface area contributed by atoms with Crippen molar-refractivity contribution in [2.45, 2.75) is 32.7 Å². The van der Waals surface area contributed by atoms with Crippen LogP contribution in [0.4, 0.5) is 0 Å². The quantitative estimate of drug-likeness (QED) is 0.704. The maximum atomic E-state index is 11.9. The Labute approximate surface area is 103 Å². The van der Waals surface area contributed by atoms with Crippen LogP contribution in [0.5, 0.6) is 0 Å². The number of rotatable bonds is 8. The van der Waals surface area contributed by atoms with Gasteiger partial charge in [-0.3, -0.25) is 4.79 Å². The highest BCUT2D eigenvalue weighted by molar-refractivity contribution is 7.98. The highest BCUT2D eigenvalue weighted by atomic mass is 32.2. The Balaban J connectivity index is 2.13. The molecular weight excluding hydrogens is 220 g/mol. The number of hydrogen-bond acceptors (Lipinski definition) is 3. The first-order chi connectivity index (χ1) is 7.69. The summed E-state index contributed by atoms with van der Waals surface area (Å²) in [4.78, 5) is 13.9. The molecule has 0 bridgehead atoms. The van der Waals surface area contributed by atoms with Crippen molar-refractivity contribution in [3.05, 3.63) is 0 Å². The lowest BCUT2D eigenvalue weighted by atomic mass is 10.2. The Morgan fingerprint density at radius 3 is 2.75 bits per heavy atom. The van der Waals surface area contributed by atoms with E-state index in [-0.39, 0.29) is 5.91 Å². The highest BCUT2D eigenvalue weighted by Crippen LogP contribution is 2.26. The number of likely N-dealkylation sites (N-methyl/N-ethyl adjacent to an activating group) is 1. The number of hydrogen-bond donors (Lipinski definition) is 1. The third-order valence-corrected chi connectivity index (χ3v) is 3.77. The van der Waals surface area contributed by atoms with Gasteiger partial charge in [-0.1, -0.05) is 6.92 Å². The van der Waals surface area contributed by atoms with E-state index in [9.17, 15) is 4.79 Å². The Morgan fingerprint density at radius 2 is 2.25 bits per heavy atom. The molecule has 1 saturated carbocycles. The molecule has 0 aromatic heterocycles. The Hall–Kier alpha value is -0.220. The SMILES string of the molecule is CCN(C(=O)CNCC(C)CSC)C1CC1. The minimum atomic E-state index is 0.265. The number of carbonyl (C=O) groups excluding carboxylic acids is 1. The summed E-state index contributed by atoms with van der Waals surface area (Å²) in [5.74, 6) is 2.06. The molecule has 0 radical (unpaired) electrons. The molecule has 0 aromatic rings. The molecule has 1 fully saturated rings. The Kier molecular flexibility index (Phi) is 6.21. The van der Waals surface area contributed by atoms with Crippen LogP contribution in [-0.4, -0.2) is 48.5 Å². The van der Waals surface area contributed by atoms with Crippen LogP contribution in [-0.2, 0) is 4.79 Å². The van der Waals surface area contributed by atoms with Gasteiger partial charge in [0.05, 0.1) is 6.54 Å². The second-order valence-corrected chi connectivity index (χ2v) is 5.51. The first kappa shape index (κ1) is 13.8. The van der Waals surface area contributed by atoms with Crippen molar-refractivity contribution >= 4 is 17.7 Å². The second kappa shape index (κ2) is 7.17. The van der Waals surface area contributed by atoms with Crippen molar-refractivity contribution in [2.24, 2.45) is 5.92 Å². The van der Waals surface area contributed by atoms with E-state index in [1.54, 1.807) is 0 Å². The number of thioether (sulfide) groups is 1. The molecule has 1 aliphatic carbocycles. The molecule has 16 heavy (non-hydrogen) atoms. The van der Waals surface area contributed by atoms with Crippen molar-refractivity contribution in [1.82, 2.24) is 10.2 Å². The number of nitrogens with zero attached hydrogens (tertiary/aromatic N) is 1. The van der Waals surface area contributed by atoms with Gasteiger partial charge in [-0.15, -0.1) is 0 Å². The Morgan fingerprint density at radius 1 is 1.56 bits per heavy atom. The molecule has 0 saturated heterocycles. The van der Waals surface area contributed by atoms with Gasteiger partial charge in [0.1, 0.15) is 0 Å². The topological polar surface area (TPSA) is 32.3 Å². The van der Waals surface area contributed by atoms with Crippen LogP contribution < -0.4 is 5.32 Å². The van der Waals surface area contributed by atoms with Gasteiger partial charge in [0.15, 0.2) is 0 Å². The lowest BCUT2D eigenvalue weighted by Crippen LogP contribution is -2.40. The number of amides is 1. The molecule has 0 heterocycles. The molecule has 1 atom stereocenters. The zero-order chi connectivity index (χ0) is 12.0. The largest absolute Gasteiger partial charge is 0.339 e. The third kappa shape index (κ3) is 4.74. The minimum Gasteiger partial charge on any atom is -0.339 e. The third-order valence-electron chi connectivity index (χ3n) is 2.87. The van der Waals surface area contributed by atoms with Crippen LogP contribution in [0.2, 0.25) is 0 Å². The van der Waals surface area contributed by atoms with E-state index in [0.717, 1.165) is 18.8 Å². The maximum absolute atomic E-state index is 11.9. The minimum absolute atomic E-state index is 0.265. The van der Waals surface area contributed by atoms with Crippen LogP contribution >= 0.6 is 11.8 Å². The Bertz CT molecular complexity index is 219. The van der Waals surface area contributed by atoms with Gasteiger partial charge in [-0.05, 0) is 44.2 Å². The first-order valence-corrected chi connectivity index (χ1v) is 7.57. The van der Waals surface area contributed by atoms with Crippen LogP contribution in [0.15, 0.2) is 0 Å². The predicted molar refractivity (Wildman–Crippen MR) is 70.8 cm³/mol. The summed E-state index contributed by atoms with van der Waals surface area (Å²) < 4.78 is 0. The molecule has 1 N–H and O–H groups in total. The van der Waals surface area contributed by atoms with Gasteiger partial charge in [-0.25, -0.2) is 0 Å². The maximum Gasteiger partial charge on any atom is 0.236 e. The van der Waals surface area contributed by atoms with E-state index in [1.807, 2.05) is 16.7 Å². The van der Waals surface area contributed by atoms with E-state index in [1.165, 1.54) is 12.8 Å². The summed E-state index contributed by atoms with van der Waals surface area (Å²) in [5, 5.41) is 3.26. The summed E-state index contributed by atoms with van der Waals surface area (Å²) in [6.45, 7) is 6.57. The van der Waals surface area contributed by atoms with Crippen LogP contribution in [0, 0.1) is 5.92 Å². The molecule has 94 valence electrons. The van der Waals surface area contributed by atoms with Crippen molar-refractivity contribution in [1.29, 1.82) is 0 Å². The molecule has 1 amide bonds. The van der Waals surface area contributed by atoms with Gasteiger partial charge >= 0.3 is 0 Å². The summed E-state index contributed by atoms with van der Waals surface area (Å²) >= 11 is 1.86. The van der Waals surface area contributed by atoms with Gasteiger partial charge in [0.2, 0.25) is 5.91 Å². The molecule has 4 heteroatoms. The monoisotopic (exact) mass is 244 g/mol. The molecule has 0 spiro atoms. The fourth-order valence-electron chi connectivity index (χ4n) is 1.89. The number of nitrogens with one attached hydrogen (secondary N) is 1. The lowest BCUT2D eigenvalue weighted by Gasteiger charge is -2.21. The normalized spacial score (nSPS) is 17.2. The summed E-state index contributed by atoms with van der Waals surface area (Å²) in [6, 6.07) is 0.544. The standard InChI is InChI=1S/C12H24N2OS/c1-4-14(11-5-6-11)12(15)8-13-7-10(2)9-16-3/h10-11,13H,4-9H2,1-3H3. The van der Waals surface area contributed by atoms with Crippen molar-refractivity contribution in [3.63, 3.8) is 0 Å². The first-order valence-electron chi connectivity index (χ1n) is 6.18. The van der Waals surface area contributed by atoms with Crippen molar-refractivity contribution in [3.8, 4) is 0 Å². The van der Waals surface area contributed by atoms with Crippen molar-refractivity contribution in [2.75, 3.05) is 31.6 Å². The fraction of sp³-hybridized carbons (Fsp3) is 0.917. The van der Waals surface area contributed by atoms with Crippen LogP contribution in [0.1, 0.15) is 26.7 Å². The van der Waals surface area contributed by atoms with E-state index in [4.69, 9.17) is 0 Å². The van der Waals surface area contributed by atoms with E-state index < -0.39 is 0 Å². The average molecular weight is 244 g/mol. The van der Waals surface area contributed by atoms with Gasteiger partial charge < -0.3 is 10.2 Å². The van der Waals surface area contributed by atoms with Gasteiger partial charge in [0, 0.05) is 12.6 Å². The van der Waals surface area contributed by atoms with Gasteiger partial charge in [-0.2, -0.15) is 11.8 Å². The molecule has 3 nitrogen and oxygen atoms in total. The smallest absolute Gasteiger partial charge is 0.236 e.